The Morgan fingerprint density at radius 1 is 0.923 bits per heavy atom. The predicted molar refractivity (Wildman–Crippen MR) is 105 cm³/mol. The third-order valence-corrected chi connectivity index (χ3v) is 4.31. The maximum Gasteiger partial charge on any atom is 0.243 e. The molecule has 0 fully saturated rings. The molecule has 0 radical (unpaired) electrons. The van der Waals surface area contributed by atoms with E-state index in [1.165, 1.54) is 4.90 Å². The summed E-state index contributed by atoms with van der Waals surface area (Å²) in [4.78, 5) is 26.0. The molecule has 2 amide bonds. The van der Waals surface area contributed by atoms with Gasteiger partial charge in [-0.3, -0.25) is 9.59 Å². The quantitative estimate of drug-likeness (QED) is 0.764. The van der Waals surface area contributed by atoms with E-state index in [2.05, 4.69) is 5.32 Å². The van der Waals surface area contributed by atoms with E-state index in [1.54, 1.807) is 7.05 Å². The number of benzene rings is 3. The molecule has 0 heterocycles. The summed E-state index contributed by atoms with van der Waals surface area (Å²) in [6.07, 6.45) is 0.277. The minimum absolute atomic E-state index is 0.0281. The highest BCUT2D eigenvalue weighted by Gasteiger charge is 2.14. The van der Waals surface area contributed by atoms with Gasteiger partial charge in [-0.1, -0.05) is 60.2 Å². The zero-order valence-electron chi connectivity index (χ0n) is 15.0. The van der Waals surface area contributed by atoms with Gasteiger partial charge in [0.25, 0.3) is 0 Å². The highest BCUT2D eigenvalue weighted by Crippen LogP contribution is 2.16. The van der Waals surface area contributed by atoms with Crippen LogP contribution >= 0.6 is 0 Å². The van der Waals surface area contributed by atoms with Crippen LogP contribution in [0.3, 0.4) is 0 Å². The third-order valence-electron chi connectivity index (χ3n) is 4.31. The Hall–Kier alpha value is -3.14. The number of nitrogens with zero attached hydrogens (tertiary/aromatic N) is 1. The number of likely N-dealkylation sites (N-methyl/N-ethyl adjacent to an activating group) is 1. The van der Waals surface area contributed by atoms with Gasteiger partial charge in [-0.2, -0.15) is 0 Å². The zero-order chi connectivity index (χ0) is 18.5. The van der Waals surface area contributed by atoms with Crippen LogP contribution in [0.15, 0.2) is 66.7 Å². The van der Waals surface area contributed by atoms with Crippen molar-refractivity contribution < 1.29 is 9.59 Å². The van der Waals surface area contributed by atoms with Gasteiger partial charge in [0, 0.05) is 12.7 Å². The van der Waals surface area contributed by atoms with Crippen molar-refractivity contribution in [3.63, 3.8) is 0 Å². The lowest BCUT2D eigenvalue weighted by Crippen LogP contribution is -2.35. The van der Waals surface area contributed by atoms with Crippen LogP contribution in [0.25, 0.3) is 10.8 Å². The number of amides is 2. The highest BCUT2D eigenvalue weighted by atomic mass is 16.2. The maximum absolute atomic E-state index is 12.4. The normalized spacial score (nSPS) is 10.5. The molecule has 0 aliphatic heterocycles. The summed E-state index contributed by atoms with van der Waals surface area (Å²) in [7, 11) is 1.65. The van der Waals surface area contributed by atoms with Crippen LogP contribution < -0.4 is 5.32 Å². The molecule has 0 aromatic heterocycles. The first-order chi connectivity index (χ1) is 12.5. The summed E-state index contributed by atoms with van der Waals surface area (Å²) >= 11 is 0. The molecule has 0 bridgehead atoms. The van der Waals surface area contributed by atoms with Crippen molar-refractivity contribution in [1.29, 1.82) is 0 Å². The summed E-state index contributed by atoms with van der Waals surface area (Å²) in [6.45, 7) is 2.02. The minimum atomic E-state index is -0.205. The molecule has 1 N–H and O–H groups in total. The average molecular weight is 346 g/mol. The fourth-order valence-electron chi connectivity index (χ4n) is 2.80. The maximum atomic E-state index is 12.4. The van der Waals surface area contributed by atoms with Crippen molar-refractivity contribution in [2.24, 2.45) is 0 Å². The molecular weight excluding hydrogens is 324 g/mol. The van der Waals surface area contributed by atoms with E-state index in [1.807, 2.05) is 73.7 Å². The molecule has 4 nitrogen and oxygen atoms in total. The number of nitrogens with one attached hydrogen (secondary N) is 1. The second-order valence-electron chi connectivity index (χ2n) is 6.52. The number of fused-ring (bicyclic) bond motifs is 1. The lowest BCUT2D eigenvalue weighted by molar-refractivity contribution is -0.132. The average Bonchev–Trinajstić information content (AvgIpc) is 2.63. The number of rotatable bonds is 5. The molecule has 132 valence electrons. The van der Waals surface area contributed by atoms with E-state index < -0.39 is 0 Å². The Morgan fingerprint density at radius 2 is 1.62 bits per heavy atom. The molecule has 0 spiro atoms. The van der Waals surface area contributed by atoms with E-state index in [0.29, 0.717) is 0 Å². The Morgan fingerprint density at radius 3 is 2.35 bits per heavy atom. The summed E-state index contributed by atoms with van der Waals surface area (Å²) in [6, 6.07) is 21.6. The van der Waals surface area contributed by atoms with Gasteiger partial charge in [-0.25, -0.2) is 0 Å². The van der Waals surface area contributed by atoms with Gasteiger partial charge in [-0.15, -0.1) is 0 Å². The summed E-state index contributed by atoms with van der Waals surface area (Å²) in [5, 5.41) is 5.07. The van der Waals surface area contributed by atoms with E-state index in [-0.39, 0.29) is 24.8 Å². The topological polar surface area (TPSA) is 49.4 Å². The van der Waals surface area contributed by atoms with Crippen molar-refractivity contribution in [2.75, 3.05) is 18.9 Å². The Labute approximate surface area is 153 Å². The first kappa shape index (κ1) is 17.7. The number of hydrogen-bond donors (Lipinski definition) is 1. The molecule has 0 saturated heterocycles. The fourth-order valence-corrected chi connectivity index (χ4v) is 2.80. The largest absolute Gasteiger partial charge is 0.336 e. The van der Waals surface area contributed by atoms with Gasteiger partial charge in [-0.05, 0) is 35.4 Å². The lowest BCUT2D eigenvalue weighted by Gasteiger charge is -2.17. The van der Waals surface area contributed by atoms with E-state index in [4.69, 9.17) is 0 Å². The van der Waals surface area contributed by atoms with Crippen molar-refractivity contribution in [1.82, 2.24) is 4.90 Å². The van der Waals surface area contributed by atoms with Gasteiger partial charge in [0.2, 0.25) is 11.8 Å². The van der Waals surface area contributed by atoms with Gasteiger partial charge in [0.15, 0.2) is 0 Å². The van der Waals surface area contributed by atoms with Crippen LogP contribution in [0.4, 0.5) is 5.69 Å². The van der Waals surface area contributed by atoms with Crippen molar-refractivity contribution >= 4 is 28.3 Å². The molecule has 3 rings (SSSR count). The molecule has 0 saturated carbocycles. The second-order valence-corrected chi connectivity index (χ2v) is 6.52. The zero-order valence-corrected chi connectivity index (χ0v) is 15.0. The van der Waals surface area contributed by atoms with Crippen molar-refractivity contribution in [2.45, 2.75) is 13.3 Å². The Kier molecular flexibility index (Phi) is 5.32. The van der Waals surface area contributed by atoms with Gasteiger partial charge in [0.05, 0.1) is 13.0 Å². The fraction of sp³-hybridized carbons (Fsp3) is 0.182. The molecule has 0 aliphatic carbocycles. The van der Waals surface area contributed by atoms with Crippen molar-refractivity contribution in [3.8, 4) is 0 Å². The second kappa shape index (κ2) is 7.83. The standard InChI is InChI=1S/C22H22N2O2/c1-16-7-11-20(12-8-16)23-21(25)15-24(2)22(26)14-17-9-10-18-5-3-4-6-19(18)13-17/h3-13H,14-15H2,1-2H3,(H,23,25). The third kappa shape index (κ3) is 4.48. The molecule has 4 heteroatoms. The number of carbonyl (C=O) groups is 2. The first-order valence-corrected chi connectivity index (χ1v) is 8.59. The van der Waals surface area contributed by atoms with Crippen LogP contribution in [0.2, 0.25) is 0 Å². The number of hydrogen-bond acceptors (Lipinski definition) is 2. The van der Waals surface area contributed by atoms with E-state index in [0.717, 1.165) is 27.6 Å². The van der Waals surface area contributed by atoms with Crippen LogP contribution in [0.1, 0.15) is 11.1 Å². The first-order valence-electron chi connectivity index (χ1n) is 8.59. The monoisotopic (exact) mass is 346 g/mol. The number of anilines is 1. The lowest BCUT2D eigenvalue weighted by atomic mass is 10.0. The van der Waals surface area contributed by atoms with E-state index in [9.17, 15) is 9.59 Å². The summed E-state index contributed by atoms with van der Waals surface area (Å²) < 4.78 is 0. The molecule has 0 unspecified atom stereocenters. The minimum Gasteiger partial charge on any atom is -0.336 e. The van der Waals surface area contributed by atoms with Gasteiger partial charge in [0.1, 0.15) is 0 Å². The molecule has 26 heavy (non-hydrogen) atoms. The highest BCUT2D eigenvalue weighted by molar-refractivity contribution is 5.95. The number of carbonyl (C=O) groups excluding carboxylic acids is 2. The summed E-state index contributed by atoms with van der Waals surface area (Å²) in [5.74, 6) is -0.289. The van der Waals surface area contributed by atoms with Crippen LogP contribution in [0.5, 0.6) is 0 Å². The SMILES string of the molecule is Cc1ccc(NC(=O)CN(C)C(=O)Cc2ccc3ccccc3c2)cc1. The Balaban J connectivity index is 1.57. The van der Waals surface area contributed by atoms with Crippen LogP contribution in [0, 0.1) is 6.92 Å². The molecular formula is C22H22N2O2. The van der Waals surface area contributed by atoms with Crippen LogP contribution in [-0.2, 0) is 16.0 Å². The van der Waals surface area contributed by atoms with Gasteiger partial charge < -0.3 is 10.2 Å². The van der Waals surface area contributed by atoms with E-state index >= 15 is 0 Å². The van der Waals surface area contributed by atoms with Crippen molar-refractivity contribution in [3.05, 3.63) is 77.9 Å². The van der Waals surface area contributed by atoms with Crippen LogP contribution in [-0.4, -0.2) is 30.3 Å². The summed E-state index contributed by atoms with van der Waals surface area (Å²) in [5.41, 5.74) is 2.81. The molecule has 3 aromatic rings. The molecule has 3 aromatic carbocycles. The predicted octanol–water partition coefficient (Wildman–Crippen LogP) is 3.79. The molecule has 0 atom stereocenters. The number of aryl methyl sites for hydroxylation is 1. The Bertz CT molecular complexity index is 932. The molecule has 0 aliphatic rings. The smallest absolute Gasteiger partial charge is 0.243 e. The van der Waals surface area contributed by atoms with Gasteiger partial charge >= 0.3 is 0 Å².